The lowest BCUT2D eigenvalue weighted by Crippen LogP contribution is -2.54. The molecular weight excluding hydrogens is 545 g/mol. The van der Waals surface area contributed by atoms with E-state index in [4.69, 9.17) is 9.72 Å². The number of nitrogens with zero attached hydrogens (tertiary/aromatic N) is 5. The Morgan fingerprint density at radius 3 is 2.57 bits per heavy atom. The number of likely N-dealkylation sites (tertiary alicyclic amines) is 1. The van der Waals surface area contributed by atoms with Crippen molar-refractivity contribution < 1.29 is 22.7 Å². The Morgan fingerprint density at radius 2 is 1.95 bits per heavy atom. The van der Waals surface area contributed by atoms with Crippen LogP contribution in [0.1, 0.15) is 42.9 Å². The lowest BCUT2D eigenvalue weighted by molar-refractivity contribution is -0.137. The summed E-state index contributed by atoms with van der Waals surface area (Å²) in [5, 5.41) is 12.9. The summed E-state index contributed by atoms with van der Waals surface area (Å²) in [4.78, 5) is 27.1. The number of nitrogens with one attached hydrogen (secondary N) is 1. The van der Waals surface area contributed by atoms with Crippen LogP contribution in [0.4, 0.5) is 18.9 Å². The van der Waals surface area contributed by atoms with Crippen LogP contribution in [0, 0.1) is 11.3 Å². The van der Waals surface area contributed by atoms with Crippen molar-refractivity contribution in [3.8, 4) is 23.2 Å². The molecule has 2 saturated heterocycles. The predicted molar refractivity (Wildman–Crippen MR) is 152 cm³/mol. The zero-order chi connectivity index (χ0) is 29.9. The van der Waals surface area contributed by atoms with Crippen LogP contribution in [0.5, 0.6) is 5.88 Å². The number of piperidine rings is 1. The van der Waals surface area contributed by atoms with Crippen molar-refractivity contribution in [2.75, 3.05) is 44.7 Å². The van der Waals surface area contributed by atoms with Gasteiger partial charge in [0, 0.05) is 38.1 Å². The highest BCUT2D eigenvalue weighted by Crippen LogP contribution is 2.40. The molecule has 0 unspecified atom stereocenters. The molecule has 2 aromatic heterocycles. The molecule has 1 atom stereocenters. The van der Waals surface area contributed by atoms with Crippen LogP contribution in [0.3, 0.4) is 0 Å². The van der Waals surface area contributed by atoms with E-state index in [9.17, 15) is 23.2 Å². The van der Waals surface area contributed by atoms with Crippen LogP contribution >= 0.6 is 0 Å². The second-order valence-corrected chi connectivity index (χ2v) is 10.9. The number of amides is 1. The van der Waals surface area contributed by atoms with Gasteiger partial charge in [-0.2, -0.15) is 18.4 Å². The number of hydrogen-bond acceptors (Lipinski definition) is 7. The van der Waals surface area contributed by atoms with Gasteiger partial charge in [-0.05, 0) is 81.7 Å². The molecule has 0 radical (unpaired) electrons. The maximum absolute atomic E-state index is 14.0. The largest absolute Gasteiger partial charge is 0.477 e. The minimum atomic E-state index is -4.54. The summed E-state index contributed by atoms with van der Waals surface area (Å²) in [5.74, 6) is 0.400. The molecule has 2 aliphatic rings. The van der Waals surface area contributed by atoms with Gasteiger partial charge in [0.25, 0.3) is 0 Å². The summed E-state index contributed by atoms with van der Waals surface area (Å²) in [6, 6.07) is 12.7. The topological polar surface area (TPSA) is 94.4 Å². The average molecular weight is 579 g/mol. The lowest BCUT2D eigenvalue weighted by Gasteiger charge is -2.42. The number of carbonyl (C=O) groups excluding carboxylic acids is 1. The van der Waals surface area contributed by atoms with E-state index in [0.29, 0.717) is 49.8 Å². The van der Waals surface area contributed by atoms with E-state index in [0.717, 1.165) is 42.8 Å². The number of hydrogen-bond donors (Lipinski definition) is 1. The van der Waals surface area contributed by atoms with E-state index in [1.54, 1.807) is 12.4 Å². The van der Waals surface area contributed by atoms with E-state index in [1.165, 1.54) is 6.07 Å². The first-order valence-corrected chi connectivity index (χ1v) is 14.0. The molecule has 220 valence electrons. The third-order valence-electron chi connectivity index (χ3n) is 8.21. The molecule has 0 bridgehead atoms. The van der Waals surface area contributed by atoms with Gasteiger partial charge >= 0.3 is 6.18 Å². The molecule has 1 aromatic carbocycles. The normalized spacial score (nSPS) is 18.9. The first-order valence-electron chi connectivity index (χ1n) is 14.0. The van der Waals surface area contributed by atoms with Gasteiger partial charge < -0.3 is 19.9 Å². The maximum atomic E-state index is 14.0. The number of ether oxygens (including phenoxy) is 1. The Morgan fingerprint density at radius 1 is 1.17 bits per heavy atom. The monoisotopic (exact) mass is 578 g/mol. The number of aromatic nitrogens is 2. The van der Waals surface area contributed by atoms with Crippen molar-refractivity contribution in [1.29, 1.82) is 5.26 Å². The number of carbonyl (C=O) groups is 1. The Hall–Kier alpha value is -4.17. The van der Waals surface area contributed by atoms with Crippen molar-refractivity contribution in [1.82, 2.24) is 20.2 Å². The smallest absolute Gasteiger partial charge is 0.416 e. The van der Waals surface area contributed by atoms with Crippen LogP contribution in [0.25, 0.3) is 11.3 Å². The lowest BCUT2D eigenvalue weighted by atomic mass is 9.72. The van der Waals surface area contributed by atoms with Gasteiger partial charge in [0.1, 0.15) is 6.07 Å². The number of nitriles is 1. The highest BCUT2D eigenvalue weighted by molar-refractivity contribution is 5.89. The van der Waals surface area contributed by atoms with Crippen molar-refractivity contribution in [3.63, 3.8) is 0 Å². The minimum Gasteiger partial charge on any atom is -0.477 e. The highest BCUT2D eigenvalue weighted by atomic mass is 19.4. The molecule has 2 aliphatic heterocycles. The second-order valence-electron chi connectivity index (χ2n) is 10.9. The van der Waals surface area contributed by atoms with Gasteiger partial charge in [0.15, 0.2) is 0 Å². The van der Waals surface area contributed by atoms with Gasteiger partial charge in [-0.25, -0.2) is 4.98 Å². The highest BCUT2D eigenvalue weighted by Gasteiger charge is 2.44. The number of alkyl halides is 3. The van der Waals surface area contributed by atoms with Gasteiger partial charge in [-0.1, -0.05) is 6.07 Å². The van der Waals surface area contributed by atoms with E-state index < -0.39 is 17.2 Å². The van der Waals surface area contributed by atoms with Crippen LogP contribution in [0.15, 0.2) is 54.9 Å². The summed E-state index contributed by atoms with van der Waals surface area (Å²) in [7, 11) is 2.02. The van der Waals surface area contributed by atoms with E-state index in [2.05, 4.69) is 15.2 Å². The predicted octanol–water partition coefficient (Wildman–Crippen LogP) is 4.79. The molecule has 1 amide bonds. The van der Waals surface area contributed by atoms with Gasteiger partial charge in [0.2, 0.25) is 11.8 Å². The van der Waals surface area contributed by atoms with Crippen LogP contribution in [-0.2, 0) is 16.4 Å². The van der Waals surface area contributed by atoms with Crippen LogP contribution in [0.2, 0.25) is 0 Å². The first kappa shape index (κ1) is 29.3. The van der Waals surface area contributed by atoms with Crippen molar-refractivity contribution in [3.05, 3.63) is 71.5 Å². The van der Waals surface area contributed by atoms with E-state index in [-0.39, 0.29) is 17.5 Å². The summed E-state index contributed by atoms with van der Waals surface area (Å²) in [6.45, 7) is 4.79. The molecule has 42 heavy (non-hydrogen) atoms. The summed E-state index contributed by atoms with van der Waals surface area (Å²) in [5.41, 5.74) is 0.837. The Labute approximate surface area is 243 Å². The Kier molecular flexibility index (Phi) is 8.36. The molecule has 8 nitrogen and oxygen atoms in total. The van der Waals surface area contributed by atoms with Crippen molar-refractivity contribution >= 4 is 11.6 Å². The van der Waals surface area contributed by atoms with E-state index in [1.807, 2.05) is 49.2 Å². The zero-order valence-electron chi connectivity index (χ0n) is 23.6. The Bertz CT molecular complexity index is 1460. The van der Waals surface area contributed by atoms with Crippen molar-refractivity contribution in [2.24, 2.45) is 0 Å². The number of halogens is 3. The van der Waals surface area contributed by atoms with Crippen molar-refractivity contribution in [2.45, 2.75) is 43.8 Å². The Balaban J connectivity index is 1.44. The maximum Gasteiger partial charge on any atom is 0.416 e. The molecule has 5 rings (SSSR count). The number of rotatable bonds is 7. The fraction of sp³-hybridized carbons (Fsp3) is 0.419. The standard InChI is InChI=1S/C31H33F3N6O2/c1-3-42-28-25(5-4-13-36-28)26-8-6-23(19-37-26)30(29(41)38-24-10-14-39(2)20-24)11-15-40(16-12-30)27-9-7-22(31(32,33)34)17-21(27)18-35/h4-9,13,17,19,24H,3,10-12,14-16,20H2,1-2H3,(H,38,41)/t24-/m1/s1. The fourth-order valence-electron chi connectivity index (χ4n) is 5.90. The third-order valence-corrected chi connectivity index (χ3v) is 8.21. The van der Waals surface area contributed by atoms with Gasteiger partial charge in [-0.3, -0.25) is 9.78 Å². The molecule has 0 spiro atoms. The van der Waals surface area contributed by atoms with Crippen LogP contribution in [-0.4, -0.2) is 66.7 Å². The number of benzene rings is 1. The summed E-state index contributed by atoms with van der Waals surface area (Å²) >= 11 is 0. The van der Waals surface area contributed by atoms with E-state index >= 15 is 0 Å². The molecule has 2 fully saturated rings. The number of likely N-dealkylation sites (N-methyl/N-ethyl adjacent to an activating group) is 1. The molecule has 0 saturated carbocycles. The minimum absolute atomic E-state index is 0.0360. The first-order chi connectivity index (χ1) is 20.1. The van der Waals surface area contributed by atoms with Gasteiger partial charge in [-0.15, -0.1) is 0 Å². The summed E-state index contributed by atoms with van der Waals surface area (Å²) in [6.07, 6.45) is 0.528. The average Bonchev–Trinajstić information content (AvgIpc) is 3.41. The molecular formula is C31H33F3N6O2. The zero-order valence-corrected chi connectivity index (χ0v) is 23.6. The SMILES string of the molecule is CCOc1ncccc1-c1ccc(C2(C(=O)N[C@@H]3CCN(C)C3)CCN(c3ccc(C(F)(F)F)cc3C#N)CC2)cn1. The third kappa shape index (κ3) is 5.90. The second kappa shape index (κ2) is 12.0. The molecule has 1 N–H and O–H groups in total. The summed E-state index contributed by atoms with van der Waals surface area (Å²) < 4.78 is 45.4. The number of pyridine rings is 2. The molecule has 0 aliphatic carbocycles. The molecule has 3 aromatic rings. The van der Waals surface area contributed by atoms with Crippen LogP contribution < -0.4 is 15.0 Å². The van der Waals surface area contributed by atoms with Gasteiger partial charge in [0.05, 0.1) is 40.1 Å². The molecule has 4 heterocycles. The number of anilines is 1. The fourth-order valence-corrected chi connectivity index (χ4v) is 5.90. The molecule has 11 heteroatoms. The quantitative estimate of drug-likeness (QED) is 0.431.